The van der Waals surface area contributed by atoms with Crippen LogP contribution in [0.5, 0.6) is 0 Å². The van der Waals surface area contributed by atoms with Gasteiger partial charge >= 0.3 is 5.97 Å². The number of carbonyl (C=O) groups excluding carboxylic acids is 1. The van der Waals surface area contributed by atoms with Crippen LogP contribution in [0.2, 0.25) is 0 Å². The predicted molar refractivity (Wildman–Crippen MR) is 82.0 cm³/mol. The molecule has 19 heavy (non-hydrogen) atoms. The lowest BCUT2D eigenvalue weighted by Gasteiger charge is -2.36. The summed E-state index contributed by atoms with van der Waals surface area (Å²) in [5, 5.41) is 3.56. The maximum Gasteiger partial charge on any atom is 0.310 e. The van der Waals surface area contributed by atoms with E-state index in [-0.39, 0.29) is 17.9 Å². The van der Waals surface area contributed by atoms with Gasteiger partial charge in [0.1, 0.15) is 0 Å². The van der Waals surface area contributed by atoms with Gasteiger partial charge in [0.25, 0.3) is 0 Å². The van der Waals surface area contributed by atoms with Crippen molar-refractivity contribution in [3.63, 3.8) is 0 Å². The molecule has 102 valence electrons. The summed E-state index contributed by atoms with van der Waals surface area (Å²) in [6.07, 6.45) is 3.31. The average Bonchev–Trinajstić information content (AvgIpc) is 2.80. The summed E-state index contributed by atoms with van der Waals surface area (Å²) in [4.78, 5) is 12.1. The van der Waals surface area contributed by atoms with Crippen LogP contribution in [0.1, 0.15) is 30.7 Å². The third kappa shape index (κ3) is 2.52. The second-order valence-electron chi connectivity index (χ2n) is 5.49. The Morgan fingerprint density at radius 1 is 1.32 bits per heavy atom. The van der Waals surface area contributed by atoms with Gasteiger partial charge in [-0.15, -0.1) is 0 Å². The Kier molecular flexibility index (Phi) is 3.80. The van der Waals surface area contributed by atoms with Crippen molar-refractivity contribution in [3.8, 4) is 0 Å². The minimum Gasteiger partial charge on any atom is -0.469 e. The molecule has 4 heteroatoms. The fraction of sp³-hybridized carbons (Fsp3) is 0.533. The number of nitrogens with one attached hydrogen (secondary N) is 1. The molecule has 0 amide bonds. The molecule has 0 saturated carbocycles. The van der Waals surface area contributed by atoms with Crippen LogP contribution >= 0.6 is 22.6 Å². The molecule has 4 atom stereocenters. The first kappa shape index (κ1) is 13.4. The van der Waals surface area contributed by atoms with Crippen LogP contribution in [-0.4, -0.2) is 25.2 Å². The van der Waals surface area contributed by atoms with Crippen LogP contribution < -0.4 is 5.32 Å². The van der Waals surface area contributed by atoms with E-state index in [0.717, 1.165) is 12.8 Å². The van der Waals surface area contributed by atoms with Crippen molar-refractivity contribution in [2.75, 3.05) is 7.11 Å². The highest BCUT2D eigenvalue weighted by Crippen LogP contribution is 2.42. The van der Waals surface area contributed by atoms with Crippen LogP contribution in [0.3, 0.4) is 0 Å². The molecule has 2 aliphatic rings. The Labute approximate surface area is 127 Å². The minimum atomic E-state index is -0.0681. The van der Waals surface area contributed by atoms with Crippen molar-refractivity contribution >= 4 is 28.6 Å². The second kappa shape index (κ2) is 5.40. The number of hydrogen-bond acceptors (Lipinski definition) is 3. The number of halogens is 1. The van der Waals surface area contributed by atoms with E-state index in [1.165, 1.54) is 22.7 Å². The molecule has 2 bridgehead atoms. The molecular formula is C15H18INO2. The molecule has 1 unspecified atom stereocenters. The van der Waals surface area contributed by atoms with Gasteiger partial charge in [-0.1, -0.05) is 12.1 Å². The number of ether oxygens (including phenoxy) is 1. The molecule has 2 saturated heterocycles. The monoisotopic (exact) mass is 371 g/mol. The molecule has 3 rings (SSSR count). The summed E-state index contributed by atoms with van der Waals surface area (Å²) >= 11 is 2.31. The Morgan fingerprint density at radius 3 is 2.74 bits per heavy atom. The highest BCUT2D eigenvalue weighted by atomic mass is 127. The number of piperidine rings is 1. The highest BCUT2D eigenvalue weighted by Gasteiger charge is 2.46. The van der Waals surface area contributed by atoms with Crippen molar-refractivity contribution in [1.29, 1.82) is 0 Å². The van der Waals surface area contributed by atoms with Crippen LogP contribution in [0.4, 0.5) is 0 Å². The molecule has 1 N–H and O–H groups in total. The molecule has 2 fully saturated rings. The summed E-state index contributed by atoms with van der Waals surface area (Å²) in [6, 6.07) is 9.41. The fourth-order valence-electron chi connectivity index (χ4n) is 3.57. The lowest BCUT2D eigenvalue weighted by atomic mass is 9.77. The third-order valence-electron chi connectivity index (χ3n) is 4.45. The SMILES string of the molecule is COC(=O)[C@H]1C(c2ccc(I)cc2)C[C@@H]2CC[C@H]1N2. The highest BCUT2D eigenvalue weighted by molar-refractivity contribution is 14.1. The molecule has 3 nitrogen and oxygen atoms in total. The molecule has 2 heterocycles. The van der Waals surface area contributed by atoms with Crippen molar-refractivity contribution in [3.05, 3.63) is 33.4 Å². The first-order valence-corrected chi connectivity index (χ1v) is 7.86. The van der Waals surface area contributed by atoms with Crippen LogP contribution in [0.25, 0.3) is 0 Å². The van der Waals surface area contributed by atoms with E-state index in [1.54, 1.807) is 0 Å². The summed E-state index contributed by atoms with van der Waals surface area (Å²) in [5.74, 6) is 0.188. The zero-order valence-corrected chi connectivity index (χ0v) is 13.1. The van der Waals surface area contributed by atoms with Crippen LogP contribution in [0.15, 0.2) is 24.3 Å². The predicted octanol–water partition coefficient (Wildman–Crippen LogP) is 2.69. The minimum absolute atomic E-state index is 0.0381. The molecular weight excluding hydrogens is 353 g/mol. The molecule has 2 aliphatic heterocycles. The van der Waals surface area contributed by atoms with Gasteiger partial charge < -0.3 is 10.1 Å². The van der Waals surface area contributed by atoms with Gasteiger partial charge in [0.05, 0.1) is 13.0 Å². The third-order valence-corrected chi connectivity index (χ3v) is 5.17. The maximum atomic E-state index is 12.1. The Bertz CT molecular complexity index is 474. The zero-order chi connectivity index (χ0) is 13.4. The Morgan fingerprint density at radius 2 is 2.05 bits per heavy atom. The molecule has 0 aliphatic carbocycles. The van der Waals surface area contributed by atoms with Gasteiger partial charge in [-0.05, 0) is 59.5 Å². The summed E-state index contributed by atoms with van der Waals surface area (Å²) < 4.78 is 6.26. The number of benzene rings is 1. The van der Waals surface area contributed by atoms with Gasteiger partial charge in [0.15, 0.2) is 0 Å². The van der Waals surface area contributed by atoms with E-state index in [9.17, 15) is 4.79 Å². The standard InChI is InChI=1S/C15H18INO2/c1-19-15(18)14-12(8-11-6-7-13(14)17-11)9-2-4-10(16)5-3-9/h2-5,11-14,17H,6-8H2,1H3/t11-,12?,13+,14-/m0/s1. The summed E-state index contributed by atoms with van der Waals surface area (Å²) in [5.41, 5.74) is 1.27. The van der Waals surface area contributed by atoms with Crippen molar-refractivity contribution in [1.82, 2.24) is 5.32 Å². The zero-order valence-electron chi connectivity index (χ0n) is 10.9. The van der Waals surface area contributed by atoms with Gasteiger partial charge in [0.2, 0.25) is 0 Å². The van der Waals surface area contributed by atoms with Crippen molar-refractivity contribution in [2.24, 2.45) is 5.92 Å². The Hall–Kier alpha value is -0.620. The first-order chi connectivity index (χ1) is 9.19. The number of fused-ring (bicyclic) bond motifs is 2. The van der Waals surface area contributed by atoms with Gasteiger partial charge in [-0.2, -0.15) is 0 Å². The molecule has 0 aromatic heterocycles. The van der Waals surface area contributed by atoms with Gasteiger partial charge in [-0.3, -0.25) is 4.79 Å². The van der Waals surface area contributed by atoms with E-state index in [4.69, 9.17) is 4.74 Å². The smallest absolute Gasteiger partial charge is 0.310 e. The van der Waals surface area contributed by atoms with E-state index in [1.807, 2.05) is 0 Å². The van der Waals surface area contributed by atoms with Gasteiger partial charge in [-0.25, -0.2) is 0 Å². The number of carbonyl (C=O) groups is 1. The second-order valence-corrected chi connectivity index (χ2v) is 6.74. The largest absolute Gasteiger partial charge is 0.469 e. The van der Waals surface area contributed by atoms with E-state index >= 15 is 0 Å². The van der Waals surface area contributed by atoms with E-state index in [0.29, 0.717) is 12.0 Å². The summed E-state index contributed by atoms with van der Waals surface area (Å²) in [6.45, 7) is 0. The lowest BCUT2D eigenvalue weighted by Crippen LogP contribution is -2.48. The van der Waals surface area contributed by atoms with Crippen molar-refractivity contribution < 1.29 is 9.53 Å². The lowest BCUT2D eigenvalue weighted by molar-refractivity contribution is -0.148. The molecule has 1 aromatic carbocycles. The number of esters is 1. The Balaban J connectivity index is 1.92. The van der Waals surface area contributed by atoms with Crippen LogP contribution in [0, 0.1) is 9.49 Å². The van der Waals surface area contributed by atoms with E-state index < -0.39 is 0 Å². The molecule has 1 aromatic rings. The van der Waals surface area contributed by atoms with Crippen molar-refractivity contribution in [2.45, 2.75) is 37.3 Å². The summed E-state index contributed by atoms with van der Waals surface area (Å²) in [7, 11) is 1.49. The normalized spacial score (nSPS) is 33.2. The quantitative estimate of drug-likeness (QED) is 0.642. The van der Waals surface area contributed by atoms with E-state index in [2.05, 4.69) is 52.2 Å². The first-order valence-electron chi connectivity index (χ1n) is 6.78. The number of hydrogen-bond donors (Lipinski definition) is 1. The van der Waals surface area contributed by atoms with Crippen LogP contribution in [-0.2, 0) is 9.53 Å². The fourth-order valence-corrected chi connectivity index (χ4v) is 3.93. The topological polar surface area (TPSA) is 38.3 Å². The molecule has 0 spiro atoms. The molecule has 0 radical (unpaired) electrons. The van der Waals surface area contributed by atoms with Gasteiger partial charge in [0, 0.05) is 21.6 Å². The maximum absolute atomic E-state index is 12.1. The average molecular weight is 371 g/mol. The number of rotatable bonds is 2. The number of methoxy groups -OCH3 is 1.